The molecule has 0 saturated carbocycles. The van der Waals surface area contributed by atoms with Crippen LogP contribution in [0.4, 0.5) is 0 Å². The molecule has 0 saturated heterocycles. The van der Waals surface area contributed by atoms with Gasteiger partial charge in [0.15, 0.2) is 0 Å². The fourth-order valence-electron chi connectivity index (χ4n) is 1.48. The largest absolute Gasteiger partial charge is 0.480 e. The zero-order chi connectivity index (χ0) is 14.5. The van der Waals surface area contributed by atoms with Gasteiger partial charge in [0.05, 0.1) is 5.60 Å². The molecule has 0 radical (unpaired) electrons. The Labute approximate surface area is 119 Å². The Balaban J connectivity index is 2.62. The van der Waals surface area contributed by atoms with Gasteiger partial charge in [-0.2, -0.15) is 0 Å². The quantitative estimate of drug-likeness (QED) is 0.807. The monoisotopic (exact) mass is 282 g/mol. The molecule has 19 heavy (non-hydrogen) atoms. The summed E-state index contributed by atoms with van der Waals surface area (Å²) in [4.78, 5) is 11.3. The van der Waals surface area contributed by atoms with E-state index in [1.54, 1.807) is 6.92 Å². The molecule has 4 heteroatoms. The summed E-state index contributed by atoms with van der Waals surface area (Å²) in [5.74, 6) is -0.298. The minimum absolute atomic E-state index is 0.103. The normalized spacial score (nSPS) is 16.1. The lowest BCUT2D eigenvalue weighted by Crippen LogP contribution is -2.35. The third kappa shape index (κ3) is 5.25. The van der Waals surface area contributed by atoms with Crippen LogP contribution in [0.1, 0.15) is 26.3 Å². The molecule has 3 nitrogen and oxygen atoms in total. The number of carbonyl (C=O) groups is 1. The second kappa shape index (κ2) is 6.96. The van der Waals surface area contributed by atoms with Gasteiger partial charge in [-0.25, -0.2) is 0 Å². The van der Waals surface area contributed by atoms with Crippen LogP contribution in [0.15, 0.2) is 30.3 Å². The SMILES string of the molecule is CC(C)C(C)(O)CSC(Cc1ccccc1)C(=O)O. The van der Waals surface area contributed by atoms with E-state index < -0.39 is 16.8 Å². The number of carboxylic acid groups (broad SMARTS) is 1. The maximum Gasteiger partial charge on any atom is 0.316 e. The maximum atomic E-state index is 11.3. The summed E-state index contributed by atoms with van der Waals surface area (Å²) in [5, 5.41) is 18.9. The highest BCUT2D eigenvalue weighted by molar-refractivity contribution is 8.00. The van der Waals surface area contributed by atoms with Crippen molar-refractivity contribution in [2.45, 2.75) is 38.0 Å². The van der Waals surface area contributed by atoms with E-state index in [-0.39, 0.29) is 5.92 Å². The van der Waals surface area contributed by atoms with Crippen LogP contribution in [-0.2, 0) is 11.2 Å². The van der Waals surface area contributed by atoms with Crippen molar-refractivity contribution >= 4 is 17.7 Å². The van der Waals surface area contributed by atoms with Gasteiger partial charge < -0.3 is 10.2 Å². The van der Waals surface area contributed by atoms with E-state index in [4.69, 9.17) is 0 Å². The molecule has 0 amide bonds. The van der Waals surface area contributed by atoms with Crippen molar-refractivity contribution < 1.29 is 15.0 Å². The zero-order valence-corrected chi connectivity index (χ0v) is 12.5. The van der Waals surface area contributed by atoms with Crippen LogP contribution in [0.25, 0.3) is 0 Å². The van der Waals surface area contributed by atoms with Crippen LogP contribution in [-0.4, -0.2) is 32.8 Å². The maximum absolute atomic E-state index is 11.3. The summed E-state index contributed by atoms with van der Waals surface area (Å²) in [6.07, 6.45) is 0.481. The van der Waals surface area contributed by atoms with Crippen LogP contribution in [0.2, 0.25) is 0 Å². The van der Waals surface area contributed by atoms with E-state index in [0.717, 1.165) is 5.56 Å². The van der Waals surface area contributed by atoms with E-state index in [0.29, 0.717) is 12.2 Å². The summed E-state index contributed by atoms with van der Waals surface area (Å²) >= 11 is 1.31. The second-order valence-electron chi connectivity index (χ2n) is 5.34. The average Bonchev–Trinajstić information content (AvgIpc) is 2.35. The third-order valence-corrected chi connectivity index (χ3v) is 4.88. The molecule has 2 atom stereocenters. The number of thioether (sulfide) groups is 1. The molecule has 2 N–H and O–H groups in total. The minimum Gasteiger partial charge on any atom is -0.480 e. The number of rotatable bonds is 7. The van der Waals surface area contributed by atoms with Crippen molar-refractivity contribution in [3.63, 3.8) is 0 Å². The van der Waals surface area contributed by atoms with Gasteiger partial charge in [0.25, 0.3) is 0 Å². The van der Waals surface area contributed by atoms with Crippen molar-refractivity contribution in [2.24, 2.45) is 5.92 Å². The summed E-state index contributed by atoms with van der Waals surface area (Å²) in [5.41, 5.74) is 0.168. The van der Waals surface area contributed by atoms with E-state index in [1.807, 2.05) is 44.2 Å². The lowest BCUT2D eigenvalue weighted by molar-refractivity contribution is -0.136. The molecule has 1 aromatic rings. The molecule has 0 fully saturated rings. The molecule has 1 aromatic carbocycles. The Morgan fingerprint density at radius 3 is 2.37 bits per heavy atom. The molecular weight excluding hydrogens is 260 g/mol. The Kier molecular flexibility index (Phi) is 5.88. The molecule has 1 rings (SSSR count). The predicted molar refractivity (Wildman–Crippen MR) is 79.5 cm³/mol. The first-order valence-electron chi connectivity index (χ1n) is 6.43. The summed E-state index contributed by atoms with van der Waals surface area (Å²) in [7, 11) is 0. The van der Waals surface area contributed by atoms with Crippen molar-refractivity contribution in [3.05, 3.63) is 35.9 Å². The molecule has 0 heterocycles. The van der Waals surface area contributed by atoms with Gasteiger partial charge in [0.1, 0.15) is 5.25 Å². The third-order valence-electron chi connectivity index (χ3n) is 3.36. The highest BCUT2D eigenvalue weighted by Crippen LogP contribution is 2.26. The molecule has 2 unspecified atom stereocenters. The molecule has 106 valence electrons. The second-order valence-corrected chi connectivity index (χ2v) is 6.53. The number of hydrogen-bond acceptors (Lipinski definition) is 3. The van der Waals surface area contributed by atoms with Gasteiger partial charge in [-0.3, -0.25) is 4.79 Å². The van der Waals surface area contributed by atoms with Gasteiger partial charge in [0, 0.05) is 5.75 Å². The lowest BCUT2D eigenvalue weighted by Gasteiger charge is -2.28. The molecule has 0 aliphatic carbocycles. The standard InChI is InChI=1S/C15H22O3S/c1-11(2)15(3,18)10-19-13(14(16)17)9-12-7-5-4-6-8-12/h4-8,11,13,18H,9-10H2,1-3H3,(H,16,17). The smallest absolute Gasteiger partial charge is 0.316 e. The molecule has 0 spiro atoms. The van der Waals surface area contributed by atoms with Crippen LogP contribution >= 0.6 is 11.8 Å². The highest BCUT2D eigenvalue weighted by atomic mass is 32.2. The van der Waals surface area contributed by atoms with Crippen molar-refractivity contribution in [1.82, 2.24) is 0 Å². The summed E-state index contributed by atoms with van der Waals surface area (Å²) in [6.45, 7) is 5.63. The number of aliphatic carboxylic acids is 1. The van der Waals surface area contributed by atoms with Gasteiger partial charge in [-0.15, -0.1) is 11.8 Å². The zero-order valence-electron chi connectivity index (χ0n) is 11.7. The Morgan fingerprint density at radius 1 is 1.32 bits per heavy atom. The van der Waals surface area contributed by atoms with Gasteiger partial charge in [-0.05, 0) is 24.8 Å². The number of benzene rings is 1. The van der Waals surface area contributed by atoms with Crippen LogP contribution < -0.4 is 0 Å². The topological polar surface area (TPSA) is 57.5 Å². The average molecular weight is 282 g/mol. The van der Waals surface area contributed by atoms with Gasteiger partial charge in [-0.1, -0.05) is 44.2 Å². The van der Waals surface area contributed by atoms with Gasteiger partial charge >= 0.3 is 5.97 Å². The fourth-order valence-corrected chi connectivity index (χ4v) is 2.81. The van der Waals surface area contributed by atoms with Crippen LogP contribution in [0.3, 0.4) is 0 Å². The summed E-state index contributed by atoms with van der Waals surface area (Å²) in [6, 6.07) is 9.58. The van der Waals surface area contributed by atoms with Crippen molar-refractivity contribution in [2.75, 3.05) is 5.75 Å². The number of hydrogen-bond donors (Lipinski definition) is 2. The predicted octanol–water partition coefficient (Wildman–Crippen LogP) is 2.82. The first-order chi connectivity index (χ1) is 8.83. The highest BCUT2D eigenvalue weighted by Gasteiger charge is 2.28. The first kappa shape index (κ1) is 16.1. The Hall–Kier alpha value is -1.00. The molecule has 0 aliphatic rings. The van der Waals surface area contributed by atoms with E-state index in [1.165, 1.54) is 11.8 Å². The molecule has 0 bridgehead atoms. The van der Waals surface area contributed by atoms with E-state index in [9.17, 15) is 15.0 Å². The van der Waals surface area contributed by atoms with E-state index >= 15 is 0 Å². The number of aliphatic hydroxyl groups is 1. The van der Waals surface area contributed by atoms with Crippen molar-refractivity contribution in [3.8, 4) is 0 Å². The van der Waals surface area contributed by atoms with Crippen LogP contribution in [0, 0.1) is 5.92 Å². The Morgan fingerprint density at radius 2 is 1.89 bits per heavy atom. The molecule has 0 aromatic heterocycles. The minimum atomic E-state index is -0.838. The Bertz CT molecular complexity index is 401. The molecule has 0 aliphatic heterocycles. The summed E-state index contributed by atoms with van der Waals surface area (Å²) < 4.78 is 0. The number of carboxylic acids is 1. The molecular formula is C15H22O3S. The van der Waals surface area contributed by atoms with E-state index in [2.05, 4.69) is 0 Å². The first-order valence-corrected chi connectivity index (χ1v) is 7.48. The fraction of sp³-hybridized carbons (Fsp3) is 0.533. The van der Waals surface area contributed by atoms with Crippen molar-refractivity contribution in [1.29, 1.82) is 0 Å². The van der Waals surface area contributed by atoms with Gasteiger partial charge in [0.2, 0.25) is 0 Å². The van der Waals surface area contributed by atoms with Crippen LogP contribution in [0.5, 0.6) is 0 Å². The lowest BCUT2D eigenvalue weighted by atomic mass is 9.95.